The second-order valence-corrected chi connectivity index (χ2v) is 4.05. The number of carbonyl (C=O) groups excluding carboxylic acids is 1. The van der Waals surface area contributed by atoms with Crippen molar-refractivity contribution >= 4 is 5.91 Å². The van der Waals surface area contributed by atoms with Crippen LogP contribution < -0.4 is 10.8 Å². The number of hydrogen-bond acceptors (Lipinski definition) is 3. The third-order valence-corrected chi connectivity index (χ3v) is 2.64. The summed E-state index contributed by atoms with van der Waals surface area (Å²) in [5, 5.41) is 2.83. The van der Waals surface area contributed by atoms with Crippen LogP contribution in [0.2, 0.25) is 0 Å². The van der Waals surface area contributed by atoms with Gasteiger partial charge < -0.3 is 5.32 Å². The van der Waals surface area contributed by atoms with Gasteiger partial charge in [-0.2, -0.15) is 5.48 Å². The molecule has 88 valence electrons. The first-order valence-electron chi connectivity index (χ1n) is 5.98. The first-order chi connectivity index (χ1) is 7.33. The summed E-state index contributed by atoms with van der Waals surface area (Å²) >= 11 is 0. The van der Waals surface area contributed by atoms with Crippen LogP contribution in [0.1, 0.15) is 45.4 Å². The molecule has 1 fully saturated rings. The van der Waals surface area contributed by atoms with Crippen molar-refractivity contribution in [3.05, 3.63) is 0 Å². The van der Waals surface area contributed by atoms with Crippen LogP contribution in [-0.4, -0.2) is 25.1 Å². The number of hydroxylamine groups is 1. The second kappa shape index (κ2) is 7.65. The highest BCUT2D eigenvalue weighted by Gasteiger charge is 2.15. The van der Waals surface area contributed by atoms with E-state index in [-0.39, 0.29) is 12.5 Å². The van der Waals surface area contributed by atoms with Crippen LogP contribution in [0.4, 0.5) is 0 Å². The summed E-state index contributed by atoms with van der Waals surface area (Å²) in [6, 6.07) is 0. The molecule has 1 rings (SSSR count). The highest BCUT2D eigenvalue weighted by molar-refractivity contribution is 5.77. The van der Waals surface area contributed by atoms with Crippen LogP contribution in [0.3, 0.4) is 0 Å². The normalized spacial score (nSPS) is 16.9. The minimum atomic E-state index is 0.0152. The van der Waals surface area contributed by atoms with E-state index in [0.717, 1.165) is 32.2 Å². The molecule has 2 N–H and O–H groups in total. The van der Waals surface area contributed by atoms with Gasteiger partial charge in [0.2, 0.25) is 5.91 Å². The zero-order chi connectivity index (χ0) is 10.9. The molecule has 0 aliphatic heterocycles. The maximum Gasteiger partial charge on any atom is 0.236 e. The Morgan fingerprint density at radius 3 is 2.80 bits per heavy atom. The van der Waals surface area contributed by atoms with Crippen molar-refractivity contribution in [2.24, 2.45) is 0 Å². The van der Waals surface area contributed by atoms with Gasteiger partial charge >= 0.3 is 0 Å². The predicted molar refractivity (Wildman–Crippen MR) is 59.3 cm³/mol. The van der Waals surface area contributed by atoms with Gasteiger partial charge in [-0.25, -0.2) is 0 Å². The van der Waals surface area contributed by atoms with Crippen LogP contribution in [0, 0.1) is 0 Å². The topological polar surface area (TPSA) is 50.4 Å². The molecule has 4 heteroatoms. The molecule has 0 aromatic heterocycles. The van der Waals surface area contributed by atoms with Crippen molar-refractivity contribution in [1.29, 1.82) is 0 Å². The number of rotatable bonds is 7. The van der Waals surface area contributed by atoms with Gasteiger partial charge in [0.25, 0.3) is 0 Å². The van der Waals surface area contributed by atoms with Gasteiger partial charge in [0, 0.05) is 6.54 Å². The van der Waals surface area contributed by atoms with Gasteiger partial charge in [-0.3, -0.25) is 9.63 Å². The largest absolute Gasteiger partial charge is 0.355 e. The van der Waals surface area contributed by atoms with Gasteiger partial charge in [-0.15, -0.1) is 0 Å². The lowest BCUT2D eigenvalue weighted by molar-refractivity contribution is -0.124. The van der Waals surface area contributed by atoms with Gasteiger partial charge in [0.15, 0.2) is 0 Å². The molecule has 0 bridgehead atoms. The van der Waals surface area contributed by atoms with Crippen molar-refractivity contribution in [3.8, 4) is 0 Å². The fourth-order valence-electron chi connectivity index (χ4n) is 1.70. The number of carbonyl (C=O) groups is 1. The van der Waals surface area contributed by atoms with Gasteiger partial charge in [0.05, 0.1) is 12.6 Å². The van der Waals surface area contributed by atoms with E-state index in [1.54, 1.807) is 0 Å². The maximum absolute atomic E-state index is 11.2. The number of unbranched alkanes of at least 4 members (excludes halogenated alkanes) is 1. The summed E-state index contributed by atoms with van der Waals surface area (Å²) in [6.45, 7) is 3.13. The van der Waals surface area contributed by atoms with E-state index in [4.69, 9.17) is 4.84 Å². The SMILES string of the molecule is CCCCNC(=O)CNOC1CCCC1. The van der Waals surface area contributed by atoms with Crippen molar-refractivity contribution in [2.75, 3.05) is 13.1 Å². The van der Waals surface area contributed by atoms with E-state index in [1.165, 1.54) is 12.8 Å². The van der Waals surface area contributed by atoms with Gasteiger partial charge in [-0.05, 0) is 19.3 Å². The number of amides is 1. The Balaban J connectivity index is 1.91. The second-order valence-electron chi connectivity index (χ2n) is 4.05. The number of hydrogen-bond donors (Lipinski definition) is 2. The molecule has 0 aromatic rings. The first-order valence-corrected chi connectivity index (χ1v) is 5.98. The summed E-state index contributed by atoms with van der Waals surface area (Å²) in [6.07, 6.45) is 7.17. The monoisotopic (exact) mass is 214 g/mol. The number of nitrogens with one attached hydrogen (secondary N) is 2. The molecule has 1 amide bonds. The Morgan fingerprint density at radius 2 is 2.13 bits per heavy atom. The highest BCUT2D eigenvalue weighted by atomic mass is 16.7. The van der Waals surface area contributed by atoms with Crippen LogP contribution in [-0.2, 0) is 9.63 Å². The molecule has 0 saturated heterocycles. The fourth-order valence-corrected chi connectivity index (χ4v) is 1.70. The molecule has 1 saturated carbocycles. The van der Waals surface area contributed by atoms with E-state index >= 15 is 0 Å². The summed E-state index contributed by atoms with van der Waals surface area (Å²) in [4.78, 5) is 16.6. The molecule has 1 aliphatic rings. The van der Waals surface area contributed by atoms with Crippen LogP contribution >= 0.6 is 0 Å². The molecule has 0 unspecified atom stereocenters. The average molecular weight is 214 g/mol. The van der Waals surface area contributed by atoms with Crippen molar-refractivity contribution in [1.82, 2.24) is 10.8 Å². The van der Waals surface area contributed by atoms with Crippen LogP contribution in [0.5, 0.6) is 0 Å². The Kier molecular flexibility index (Phi) is 6.36. The smallest absolute Gasteiger partial charge is 0.236 e. The molecule has 0 atom stereocenters. The summed E-state index contributed by atoms with van der Waals surface area (Å²) < 4.78 is 0. The van der Waals surface area contributed by atoms with Gasteiger partial charge in [0.1, 0.15) is 0 Å². The van der Waals surface area contributed by atoms with E-state index in [0.29, 0.717) is 6.10 Å². The van der Waals surface area contributed by atoms with Crippen LogP contribution in [0.25, 0.3) is 0 Å². The van der Waals surface area contributed by atoms with Crippen molar-refractivity contribution in [3.63, 3.8) is 0 Å². The standard InChI is InChI=1S/C11H22N2O2/c1-2-3-8-12-11(14)9-13-15-10-6-4-5-7-10/h10,13H,2-9H2,1H3,(H,12,14). The average Bonchev–Trinajstić information content (AvgIpc) is 2.71. The predicted octanol–water partition coefficient (Wildman–Crippen LogP) is 1.37. The van der Waals surface area contributed by atoms with Crippen molar-refractivity contribution < 1.29 is 9.63 Å². The lowest BCUT2D eigenvalue weighted by atomic mass is 10.3. The Morgan fingerprint density at radius 1 is 1.40 bits per heavy atom. The molecular weight excluding hydrogens is 192 g/mol. The van der Waals surface area contributed by atoms with E-state index in [1.807, 2.05) is 0 Å². The molecular formula is C11H22N2O2. The lowest BCUT2D eigenvalue weighted by Gasteiger charge is -2.11. The van der Waals surface area contributed by atoms with Crippen LogP contribution in [0.15, 0.2) is 0 Å². The summed E-state index contributed by atoms with van der Waals surface area (Å²) in [5.74, 6) is 0.0152. The summed E-state index contributed by atoms with van der Waals surface area (Å²) in [7, 11) is 0. The lowest BCUT2D eigenvalue weighted by Crippen LogP contribution is -2.35. The molecule has 0 heterocycles. The quantitative estimate of drug-likeness (QED) is 0.497. The van der Waals surface area contributed by atoms with E-state index in [2.05, 4.69) is 17.7 Å². The third-order valence-electron chi connectivity index (χ3n) is 2.64. The Hall–Kier alpha value is -0.610. The first kappa shape index (κ1) is 12.5. The Bertz CT molecular complexity index is 179. The molecule has 0 radical (unpaired) electrons. The van der Waals surface area contributed by atoms with E-state index in [9.17, 15) is 4.79 Å². The molecule has 0 aromatic carbocycles. The summed E-state index contributed by atoms with van der Waals surface area (Å²) in [5.41, 5.74) is 2.74. The Labute approximate surface area is 91.7 Å². The van der Waals surface area contributed by atoms with Gasteiger partial charge in [-0.1, -0.05) is 26.2 Å². The molecule has 0 spiro atoms. The zero-order valence-corrected chi connectivity index (χ0v) is 9.55. The van der Waals surface area contributed by atoms with E-state index < -0.39 is 0 Å². The third kappa shape index (κ3) is 5.74. The maximum atomic E-state index is 11.2. The van der Waals surface area contributed by atoms with Crippen molar-refractivity contribution in [2.45, 2.75) is 51.6 Å². The zero-order valence-electron chi connectivity index (χ0n) is 9.55. The minimum Gasteiger partial charge on any atom is -0.355 e. The highest BCUT2D eigenvalue weighted by Crippen LogP contribution is 2.19. The molecule has 15 heavy (non-hydrogen) atoms. The molecule has 4 nitrogen and oxygen atoms in total. The fraction of sp³-hybridized carbons (Fsp3) is 0.909. The minimum absolute atomic E-state index is 0.0152. The molecule has 1 aliphatic carbocycles.